The Morgan fingerprint density at radius 2 is 1.60 bits per heavy atom. The van der Waals surface area contributed by atoms with Crippen LogP contribution in [0, 0.1) is 0 Å². The zero-order valence-electron chi connectivity index (χ0n) is 16.5. The molecule has 0 atom stereocenters. The van der Waals surface area contributed by atoms with Gasteiger partial charge in [-0.1, -0.05) is 42.5 Å². The number of hydrogen-bond donors (Lipinski definition) is 0. The molecule has 154 valence electrons. The Morgan fingerprint density at radius 3 is 2.43 bits per heavy atom. The standard InChI is InChI=1S/C23H22N2O3S2/c26-23(25-13-5-9-18-7-3-4-10-20(18)25)22-21(12-15-29-22)30(27,28)24-14-11-17-6-1-2-8-19(17)16-24/h1-4,6-8,10,12,15H,5,9,11,13-14,16H2. The minimum atomic E-state index is -3.76. The lowest BCUT2D eigenvalue weighted by molar-refractivity contribution is 0.0986. The first-order valence-corrected chi connectivity index (χ1v) is 12.4. The van der Waals surface area contributed by atoms with Crippen LogP contribution in [0.5, 0.6) is 0 Å². The second-order valence-electron chi connectivity index (χ2n) is 7.66. The highest BCUT2D eigenvalue weighted by molar-refractivity contribution is 7.89. The second-order valence-corrected chi connectivity index (χ2v) is 10.5. The van der Waals surface area contributed by atoms with E-state index in [4.69, 9.17) is 0 Å². The summed E-state index contributed by atoms with van der Waals surface area (Å²) in [6, 6.07) is 17.4. The molecule has 5 nitrogen and oxygen atoms in total. The fraction of sp³-hybridized carbons (Fsp3) is 0.261. The molecule has 5 rings (SSSR count). The van der Waals surface area contributed by atoms with E-state index in [0.717, 1.165) is 29.7 Å². The predicted octanol–water partition coefficient (Wildman–Crippen LogP) is 4.09. The summed E-state index contributed by atoms with van der Waals surface area (Å²) in [5.41, 5.74) is 4.24. The number of anilines is 1. The lowest BCUT2D eigenvalue weighted by atomic mass is 10.0. The van der Waals surface area contributed by atoms with E-state index >= 15 is 0 Å². The molecule has 0 unspecified atom stereocenters. The lowest BCUT2D eigenvalue weighted by Gasteiger charge is -2.30. The molecule has 0 fully saturated rings. The maximum Gasteiger partial charge on any atom is 0.269 e. The average molecular weight is 439 g/mol. The second kappa shape index (κ2) is 7.65. The van der Waals surface area contributed by atoms with Crippen LogP contribution in [0.25, 0.3) is 0 Å². The van der Waals surface area contributed by atoms with Crippen molar-refractivity contribution >= 4 is 33.0 Å². The quantitative estimate of drug-likeness (QED) is 0.619. The molecule has 0 N–H and O–H groups in total. The number of nitrogens with zero attached hydrogens (tertiary/aromatic N) is 2. The van der Waals surface area contributed by atoms with Crippen LogP contribution in [0.15, 0.2) is 64.9 Å². The van der Waals surface area contributed by atoms with Crippen molar-refractivity contribution in [3.8, 4) is 0 Å². The third-order valence-electron chi connectivity index (χ3n) is 5.89. The normalized spacial score (nSPS) is 16.7. The van der Waals surface area contributed by atoms with Gasteiger partial charge in [-0.3, -0.25) is 4.79 Å². The Hall–Kier alpha value is -2.48. The van der Waals surface area contributed by atoms with E-state index < -0.39 is 10.0 Å². The molecule has 1 amide bonds. The SMILES string of the molecule is O=C(c1sccc1S(=O)(=O)N1CCc2ccccc2C1)N1CCCc2ccccc21. The first kappa shape index (κ1) is 19.5. The van der Waals surface area contributed by atoms with Crippen LogP contribution in [0.2, 0.25) is 0 Å². The van der Waals surface area contributed by atoms with Gasteiger partial charge in [0.1, 0.15) is 9.77 Å². The highest BCUT2D eigenvalue weighted by Gasteiger charge is 2.34. The first-order valence-electron chi connectivity index (χ1n) is 10.1. The number of benzene rings is 2. The van der Waals surface area contributed by atoms with E-state index in [1.165, 1.54) is 21.2 Å². The smallest absolute Gasteiger partial charge is 0.269 e. The molecule has 3 heterocycles. The number of sulfonamides is 1. The van der Waals surface area contributed by atoms with Crippen molar-refractivity contribution in [3.05, 3.63) is 81.5 Å². The van der Waals surface area contributed by atoms with Crippen molar-refractivity contribution in [2.75, 3.05) is 18.0 Å². The van der Waals surface area contributed by atoms with Crippen LogP contribution in [0.1, 0.15) is 32.8 Å². The molecule has 1 aromatic heterocycles. The van der Waals surface area contributed by atoms with Gasteiger partial charge in [0.05, 0.1) is 0 Å². The Morgan fingerprint density at radius 1 is 0.867 bits per heavy atom. The van der Waals surface area contributed by atoms with Gasteiger partial charge in [0.25, 0.3) is 5.91 Å². The van der Waals surface area contributed by atoms with E-state index in [-0.39, 0.29) is 10.8 Å². The lowest BCUT2D eigenvalue weighted by Crippen LogP contribution is -2.38. The first-order chi connectivity index (χ1) is 14.6. The number of hydrogen-bond acceptors (Lipinski definition) is 4. The summed E-state index contributed by atoms with van der Waals surface area (Å²) >= 11 is 1.21. The molecule has 2 aliphatic rings. The third-order valence-corrected chi connectivity index (χ3v) is 8.81. The molecule has 0 bridgehead atoms. The molecule has 3 aromatic rings. The van der Waals surface area contributed by atoms with Crippen LogP contribution >= 0.6 is 11.3 Å². The molecule has 0 radical (unpaired) electrons. The van der Waals surface area contributed by atoms with E-state index in [0.29, 0.717) is 30.9 Å². The fourth-order valence-electron chi connectivity index (χ4n) is 4.34. The van der Waals surface area contributed by atoms with Crippen LogP contribution in [-0.4, -0.2) is 31.7 Å². The van der Waals surface area contributed by atoms with Gasteiger partial charge >= 0.3 is 0 Å². The van der Waals surface area contributed by atoms with Gasteiger partial charge in [0.15, 0.2) is 0 Å². The Labute approximate surface area is 180 Å². The van der Waals surface area contributed by atoms with Gasteiger partial charge in [0.2, 0.25) is 10.0 Å². The van der Waals surface area contributed by atoms with Gasteiger partial charge in [-0.05, 0) is 53.5 Å². The van der Waals surface area contributed by atoms with Gasteiger partial charge in [-0.2, -0.15) is 4.31 Å². The molecule has 2 aromatic carbocycles. The van der Waals surface area contributed by atoms with Crippen LogP contribution in [0.4, 0.5) is 5.69 Å². The molecular weight excluding hydrogens is 416 g/mol. The number of thiophene rings is 1. The zero-order valence-corrected chi connectivity index (χ0v) is 18.1. The molecule has 0 spiro atoms. The molecular formula is C23H22N2O3S2. The fourth-order valence-corrected chi connectivity index (χ4v) is 7.10. The summed E-state index contributed by atoms with van der Waals surface area (Å²) < 4.78 is 28.4. The average Bonchev–Trinajstić information content (AvgIpc) is 3.29. The van der Waals surface area contributed by atoms with Crippen molar-refractivity contribution in [2.45, 2.75) is 30.7 Å². The van der Waals surface area contributed by atoms with Gasteiger partial charge in [-0.25, -0.2) is 8.42 Å². The molecule has 0 aliphatic carbocycles. The summed E-state index contributed by atoms with van der Waals surface area (Å²) in [7, 11) is -3.76. The zero-order chi connectivity index (χ0) is 20.7. The maximum atomic E-state index is 13.5. The van der Waals surface area contributed by atoms with E-state index in [1.54, 1.807) is 16.3 Å². The number of amides is 1. The summed E-state index contributed by atoms with van der Waals surface area (Å²) in [5, 5.41) is 1.70. The minimum Gasteiger partial charge on any atom is -0.307 e. The number of carbonyl (C=O) groups is 1. The van der Waals surface area contributed by atoms with Crippen molar-refractivity contribution in [1.82, 2.24) is 4.31 Å². The summed E-state index contributed by atoms with van der Waals surface area (Å²) in [6.45, 7) is 1.37. The predicted molar refractivity (Wildman–Crippen MR) is 119 cm³/mol. The van der Waals surface area contributed by atoms with Crippen molar-refractivity contribution in [2.24, 2.45) is 0 Å². The van der Waals surface area contributed by atoms with Gasteiger partial charge in [-0.15, -0.1) is 11.3 Å². The van der Waals surface area contributed by atoms with Crippen LogP contribution in [0.3, 0.4) is 0 Å². The maximum absolute atomic E-state index is 13.5. The number of fused-ring (bicyclic) bond motifs is 2. The highest BCUT2D eigenvalue weighted by Crippen LogP contribution is 2.33. The van der Waals surface area contributed by atoms with Crippen molar-refractivity contribution in [1.29, 1.82) is 0 Å². The van der Waals surface area contributed by atoms with Crippen LogP contribution < -0.4 is 4.90 Å². The highest BCUT2D eigenvalue weighted by atomic mass is 32.2. The third kappa shape index (κ3) is 3.27. The summed E-state index contributed by atoms with van der Waals surface area (Å²) in [4.78, 5) is 15.6. The van der Waals surface area contributed by atoms with Gasteiger partial charge in [0, 0.05) is 25.3 Å². The number of aryl methyl sites for hydroxylation is 1. The largest absolute Gasteiger partial charge is 0.307 e. The van der Waals surface area contributed by atoms with Crippen molar-refractivity contribution in [3.63, 3.8) is 0 Å². The minimum absolute atomic E-state index is 0.125. The summed E-state index contributed by atoms with van der Waals surface area (Å²) in [6.07, 6.45) is 2.49. The topological polar surface area (TPSA) is 57.7 Å². The molecule has 2 aliphatic heterocycles. The van der Waals surface area contributed by atoms with E-state index in [9.17, 15) is 13.2 Å². The van der Waals surface area contributed by atoms with E-state index in [2.05, 4.69) is 0 Å². The summed E-state index contributed by atoms with van der Waals surface area (Å²) in [5.74, 6) is -0.229. The Bertz CT molecular complexity index is 1220. The Kier molecular flexibility index (Phi) is 4.97. The number of carbonyl (C=O) groups excluding carboxylic acids is 1. The van der Waals surface area contributed by atoms with Crippen LogP contribution in [-0.2, 0) is 29.4 Å². The molecule has 7 heteroatoms. The molecule has 0 saturated heterocycles. The van der Waals surface area contributed by atoms with E-state index in [1.807, 2.05) is 48.5 Å². The number of rotatable bonds is 3. The molecule has 0 saturated carbocycles. The molecule has 30 heavy (non-hydrogen) atoms. The number of para-hydroxylation sites is 1. The Balaban J connectivity index is 1.47. The van der Waals surface area contributed by atoms with Crippen molar-refractivity contribution < 1.29 is 13.2 Å². The van der Waals surface area contributed by atoms with Gasteiger partial charge < -0.3 is 4.90 Å². The monoisotopic (exact) mass is 438 g/mol.